The van der Waals surface area contributed by atoms with E-state index in [0.29, 0.717) is 0 Å². The van der Waals surface area contributed by atoms with Crippen molar-refractivity contribution in [1.29, 1.82) is 0 Å². The average Bonchev–Trinajstić information content (AvgIpc) is 2.38. The van der Waals surface area contributed by atoms with Crippen LogP contribution in [-0.4, -0.2) is 25.2 Å². The predicted octanol–water partition coefficient (Wildman–Crippen LogP) is 2.48. The molecule has 0 aliphatic heterocycles. The number of terminal acetylenes is 1. The fraction of sp³-hybridized carbons (Fsp3) is 0.600. The van der Waals surface area contributed by atoms with E-state index in [1.165, 1.54) is 0 Å². The van der Waals surface area contributed by atoms with Gasteiger partial charge in [0, 0.05) is 6.42 Å². The lowest BCUT2D eigenvalue weighted by atomic mass is 9.81. The second-order valence-electron chi connectivity index (χ2n) is 3.99. The Hall–Kier alpha value is -1.76. The van der Waals surface area contributed by atoms with Crippen molar-refractivity contribution in [2.45, 2.75) is 40.0 Å². The first kappa shape index (κ1) is 17.2. The van der Waals surface area contributed by atoms with E-state index in [1.807, 2.05) is 13.0 Å². The molecule has 0 bridgehead atoms. The highest BCUT2D eigenvalue weighted by Gasteiger charge is 2.47. The molecule has 0 aromatic rings. The lowest BCUT2D eigenvalue weighted by Gasteiger charge is -2.26. The van der Waals surface area contributed by atoms with Crippen molar-refractivity contribution < 1.29 is 19.1 Å². The summed E-state index contributed by atoms with van der Waals surface area (Å²) in [5, 5.41) is 0. The van der Waals surface area contributed by atoms with Gasteiger partial charge in [0.2, 0.25) is 0 Å². The van der Waals surface area contributed by atoms with Gasteiger partial charge in [-0.25, -0.2) is 0 Å². The van der Waals surface area contributed by atoms with Gasteiger partial charge in [0.1, 0.15) is 0 Å². The van der Waals surface area contributed by atoms with Gasteiger partial charge in [0.15, 0.2) is 5.41 Å². The largest absolute Gasteiger partial charge is 0.465 e. The Kier molecular flexibility index (Phi) is 8.35. The van der Waals surface area contributed by atoms with Crippen LogP contribution in [-0.2, 0) is 19.1 Å². The topological polar surface area (TPSA) is 52.6 Å². The zero-order chi connectivity index (χ0) is 14.7. The summed E-state index contributed by atoms with van der Waals surface area (Å²) in [7, 11) is 0. The Balaban J connectivity index is 5.33. The van der Waals surface area contributed by atoms with Crippen molar-refractivity contribution in [3.8, 4) is 12.3 Å². The number of carbonyl (C=O) groups excluding carboxylic acids is 2. The molecule has 0 fully saturated rings. The summed E-state index contributed by atoms with van der Waals surface area (Å²) in [6.07, 6.45) is 9.93. The zero-order valence-electron chi connectivity index (χ0n) is 11.9. The van der Waals surface area contributed by atoms with Crippen molar-refractivity contribution in [3.63, 3.8) is 0 Å². The first-order valence-electron chi connectivity index (χ1n) is 6.51. The monoisotopic (exact) mass is 266 g/mol. The van der Waals surface area contributed by atoms with E-state index in [1.54, 1.807) is 19.9 Å². The maximum Gasteiger partial charge on any atom is 0.324 e. The molecule has 0 amide bonds. The normalized spacial score (nSPS) is 11.1. The molecule has 106 valence electrons. The molecule has 19 heavy (non-hydrogen) atoms. The number of carbonyl (C=O) groups is 2. The minimum atomic E-state index is -1.42. The molecule has 0 unspecified atom stereocenters. The van der Waals surface area contributed by atoms with Gasteiger partial charge in [-0.1, -0.05) is 19.1 Å². The fourth-order valence-electron chi connectivity index (χ4n) is 1.63. The Bertz CT molecular complexity index is 345. The molecule has 0 saturated carbocycles. The SMILES string of the molecule is C#CCC(C/C=C\CC)(C(=O)OCC)C(=O)OCC. The molecule has 0 aromatic carbocycles. The third kappa shape index (κ3) is 4.78. The van der Waals surface area contributed by atoms with Gasteiger partial charge in [-0.2, -0.15) is 0 Å². The molecular formula is C15H22O4. The van der Waals surface area contributed by atoms with Gasteiger partial charge >= 0.3 is 11.9 Å². The zero-order valence-corrected chi connectivity index (χ0v) is 11.9. The molecule has 0 radical (unpaired) electrons. The number of rotatable bonds is 8. The second kappa shape index (κ2) is 9.21. The molecular weight excluding hydrogens is 244 g/mol. The third-order valence-corrected chi connectivity index (χ3v) is 2.60. The Labute approximate surface area is 115 Å². The van der Waals surface area contributed by atoms with Crippen molar-refractivity contribution in [1.82, 2.24) is 0 Å². The Morgan fingerprint density at radius 1 is 1.11 bits per heavy atom. The lowest BCUT2D eigenvalue weighted by Crippen LogP contribution is -2.41. The van der Waals surface area contributed by atoms with Crippen molar-refractivity contribution >= 4 is 11.9 Å². The highest BCUT2D eigenvalue weighted by atomic mass is 16.6. The van der Waals surface area contributed by atoms with Crippen LogP contribution in [0.1, 0.15) is 40.0 Å². The van der Waals surface area contributed by atoms with Gasteiger partial charge in [-0.05, 0) is 26.7 Å². The number of hydrogen-bond acceptors (Lipinski definition) is 4. The van der Waals surface area contributed by atoms with Crippen LogP contribution in [0, 0.1) is 17.8 Å². The van der Waals surface area contributed by atoms with Gasteiger partial charge in [0.25, 0.3) is 0 Å². The molecule has 0 atom stereocenters. The van der Waals surface area contributed by atoms with Crippen LogP contribution in [0.3, 0.4) is 0 Å². The van der Waals surface area contributed by atoms with Crippen LogP contribution in [0.5, 0.6) is 0 Å². The van der Waals surface area contributed by atoms with E-state index in [0.717, 1.165) is 6.42 Å². The molecule has 0 aromatic heterocycles. The Morgan fingerprint density at radius 3 is 2.00 bits per heavy atom. The quantitative estimate of drug-likeness (QED) is 0.293. The maximum atomic E-state index is 12.1. The summed E-state index contributed by atoms with van der Waals surface area (Å²) in [5.41, 5.74) is -1.42. The maximum absolute atomic E-state index is 12.1. The van der Waals surface area contributed by atoms with Crippen molar-refractivity contribution in [2.75, 3.05) is 13.2 Å². The smallest absolute Gasteiger partial charge is 0.324 e. The number of ether oxygens (including phenoxy) is 2. The van der Waals surface area contributed by atoms with Crippen molar-refractivity contribution in [3.05, 3.63) is 12.2 Å². The van der Waals surface area contributed by atoms with Crippen LogP contribution < -0.4 is 0 Å². The molecule has 0 heterocycles. The molecule has 0 aliphatic rings. The summed E-state index contributed by atoms with van der Waals surface area (Å²) >= 11 is 0. The second-order valence-corrected chi connectivity index (χ2v) is 3.99. The third-order valence-electron chi connectivity index (χ3n) is 2.60. The standard InChI is InChI=1S/C15H22O4/c1-5-9-10-12-15(11-6-2,13(16)18-7-3)14(17)19-8-4/h2,9-10H,5,7-8,11-12H2,1,3-4H3/b10-9-. The fourth-order valence-corrected chi connectivity index (χ4v) is 1.63. The molecule has 0 spiro atoms. The first-order chi connectivity index (χ1) is 9.08. The summed E-state index contributed by atoms with van der Waals surface area (Å²) in [6.45, 7) is 5.73. The molecule has 0 rings (SSSR count). The predicted molar refractivity (Wildman–Crippen MR) is 73.2 cm³/mol. The summed E-state index contributed by atoms with van der Waals surface area (Å²) < 4.78 is 9.98. The summed E-state index contributed by atoms with van der Waals surface area (Å²) in [4.78, 5) is 24.2. The van der Waals surface area contributed by atoms with Crippen LogP contribution >= 0.6 is 0 Å². The molecule has 0 saturated heterocycles. The van der Waals surface area contributed by atoms with Gasteiger partial charge < -0.3 is 9.47 Å². The Morgan fingerprint density at radius 2 is 1.63 bits per heavy atom. The number of hydrogen-bond donors (Lipinski definition) is 0. The minimum absolute atomic E-state index is 0.0290. The molecule has 0 aliphatic carbocycles. The number of esters is 2. The van der Waals surface area contributed by atoms with E-state index in [4.69, 9.17) is 15.9 Å². The summed E-state index contributed by atoms with van der Waals surface area (Å²) in [5.74, 6) is 1.14. The molecule has 4 nitrogen and oxygen atoms in total. The van der Waals surface area contributed by atoms with E-state index in [-0.39, 0.29) is 26.1 Å². The van der Waals surface area contributed by atoms with Crippen LogP contribution in [0.25, 0.3) is 0 Å². The summed E-state index contributed by atoms with van der Waals surface area (Å²) in [6, 6.07) is 0. The van der Waals surface area contributed by atoms with Crippen LogP contribution in [0.2, 0.25) is 0 Å². The van der Waals surface area contributed by atoms with Gasteiger partial charge in [-0.15, -0.1) is 12.3 Å². The molecule has 4 heteroatoms. The van der Waals surface area contributed by atoms with E-state index < -0.39 is 17.4 Å². The average molecular weight is 266 g/mol. The van der Waals surface area contributed by atoms with Gasteiger partial charge in [0.05, 0.1) is 13.2 Å². The minimum Gasteiger partial charge on any atom is -0.465 e. The van der Waals surface area contributed by atoms with E-state index >= 15 is 0 Å². The highest BCUT2D eigenvalue weighted by Crippen LogP contribution is 2.31. The van der Waals surface area contributed by atoms with Crippen molar-refractivity contribution in [2.24, 2.45) is 5.41 Å². The molecule has 0 N–H and O–H groups in total. The van der Waals surface area contributed by atoms with Gasteiger partial charge in [-0.3, -0.25) is 9.59 Å². The number of allylic oxidation sites excluding steroid dienone is 2. The van der Waals surface area contributed by atoms with E-state index in [2.05, 4.69) is 5.92 Å². The highest BCUT2D eigenvalue weighted by molar-refractivity contribution is 6.00. The van der Waals surface area contributed by atoms with Crippen LogP contribution in [0.4, 0.5) is 0 Å². The van der Waals surface area contributed by atoms with E-state index in [9.17, 15) is 9.59 Å². The lowest BCUT2D eigenvalue weighted by molar-refractivity contribution is -0.171. The van der Waals surface area contributed by atoms with Crippen LogP contribution in [0.15, 0.2) is 12.2 Å². The first-order valence-corrected chi connectivity index (χ1v) is 6.51.